The van der Waals surface area contributed by atoms with Crippen molar-refractivity contribution in [3.05, 3.63) is 0 Å². The maximum Gasteiger partial charge on any atom is 0.308 e. The highest BCUT2D eigenvalue weighted by Crippen LogP contribution is 2.38. The van der Waals surface area contributed by atoms with Crippen molar-refractivity contribution >= 4 is 5.97 Å². The van der Waals surface area contributed by atoms with Crippen LogP contribution in [0.25, 0.3) is 0 Å². The number of aliphatic hydroxyl groups excluding tert-OH is 1. The minimum Gasteiger partial charge on any atom is -0.481 e. The lowest BCUT2D eigenvalue weighted by molar-refractivity contribution is -0.149. The van der Waals surface area contributed by atoms with Crippen LogP contribution in [-0.4, -0.2) is 46.3 Å². The number of hydrogen-bond donors (Lipinski definition) is 2. The normalized spacial score (nSPS) is 41.5. The molecule has 0 amide bonds. The van der Waals surface area contributed by atoms with Crippen LogP contribution in [0.5, 0.6) is 0 Å². The van der Waals surface area contributed by atoms with Crippen LogP contribution in [0, 0.1) is 11.8 Å². The third-order valence-corrected chi connectivity index (χ3v) is 4.09. The van der Waals surface area contributed by atoms with E-state index in [1.807, 2.05) is 0 Å². The fourth-order valence-corrected chi connectivity index (χ4v) is 2.90. The number of carboxylic acid groups (broad SMARTS) is 1. The Bertz CT molecular complexity index is 256. The smallest absolute Gasteiger partial charge is 0.308 e. The van der Waals surface area contributed by atoms with Gasteiger partial charge in [-0.15, -0.1) is 0 Å². The molecular weight excluding hydrogens is 194 g/mol. The predicted molar refractivity (Wildman–Crippen MR) is 55.5 cm³/mol. The van der Waals surface area contributed by atoms with Gasteiger partial charge in [0.1, 0.15) is 0 Å². The van der Waals surface area contributed by atoms with Gasteiger partial charge in [-0.2, -0.15) is 0 Å². The predicted octanol–water partition coefficient (Wildman–Crippen LogP) is 0.552. The molecule has 86 valence electrons. The highest BCUT2D eigenvalue weighted by molar-refractivity contribution is 5.72. The minimum absolute atomic E-state index is 0.157. The van der Waals surface area contributed by atoms with Gasteiger partial charge in [-0.05, 0) is 31.7 Å². The quantitative estimate of drug-likeness (QED) is 0.719. The van der Waals surface area contributed by atoms with Crippen LogP contribution in [0.4, 0.5) is 0 Å². The average Bonchev–Trinajstić information content (AvgIpc) is 2.44. The van der Waals surface area contributed by atoms with Crippen LogP contribution in [0.1, 0.15) is 26.2 Å². The first-order chi connectivity index (χ1) is 7.15. The zero-order valence-electron chi connectivity index (χ0n) is 9.09. The van der Waals surface area contributed by atoms with E-state index in [0.29, 0.717) is 5.92 Å². The molecule has 1 saturated carbocycles. The first kappa shape index (κ1) is 10.9. The molecule has 1 aliphatic heterocycles. The summed E-state index contributed by atoms with van der Waals surface area (Å²) in [6, 6.07) is 0.349. The van der Waals surface area contributed by atoms with E-state index in [0.717, 1.165) is 25.8 Å². The molecule has 4 heteroatoms. The molecule has 15 heavy (non-hydrogen) atoms. The van der Waals surface area contributed by atoms with Crippen LogP contribution in [0.2, 0.25) is 0 Å². The van der Waals surface area contributed by atoms with Crippen molar-refractivity contribution in [2.75, 3.05) is 13.2 Å². The summed E-state index contributed by atoms with van der Waals surface area (Å²) in [7, 11) is 0. The molecule has 0 radical (unpaired) electrons. The van der Waals surface area contributed by atoms with Crippen molar-refractivity contribution in [2.24, 2.45) is 11.8 Å². The molecule has 1 heterocycles. The van der Waals surface area contributed by atoms with Gasteiger partial charge in [-0.3, -0.25) is 9.69 Å². The van der Waals surface area contributed by atoms with E-state index in [1.54, 1.807) is 0 Å². The first-order valence-electron chi connectivity index (χ1n) is 5.74. The van der Waals surface area contributed by atoms with Gasteiger partial charge in [0.15, 0.2) is 0 Å². The van der Waals surface area contributed by atoms with Gasteiger partial charge in [-0.25, -0.2) is 0 Å². The lowest BCUT2D eigenvalue weighted by Gasteiger charge is -2.43. The van der Waals surface area contributed by atoms with Crippen LogP contribution < -0.4 is 0 Å². The van der Waals surface area contributed by atoms with Crippen LogP contribution in [0.15, 0.2) is 0 Å². The second kappa shape index (κ2) is 4.10. The van der Waals surface area contributed by atoms with Crippen molar-refractivity contribution in [1.82, 2.24) is 4.90 Å². The molecular formula is C11H19NO3. The summed E-state index contributed by atoms with van der Waals surface area (Å²) in [5, 5.41) is 18.3. The molecule has 2 rings (SSSR count). The summed E-state index contributed by atoms with van der Waals surface area (Å²) in [5.74, 6) is -0.392. The van der Waals surface area contributed by atoms with Gasteiger partial charge in [0, 0.05) is 12.1 Å². The molecule has 1 saturated heterocycles. The van der Waals surface area contributed by atoms with Crippen LogP contribution >= 0.6 is 0 Å². The Balaban J connectivity index is 2.02. The fraction of sp³-hybridized carbons (Fsp3) is 0.909. The standard InChI is InChI=1S/C11H19NO3/c1-7-4-5-12(10(7)6-13)9-3-2-8(9)11(14)15/h7-10,13H,2-6H2,1H3,(H,14,15). The number of aliphatic hydroxyl groups is 1. The summed E-state index contributed by atoms with van der Waals surface area (Å²) in [5.41, 5.74) is 0. The third kappa shape index (κ3) is 1.76. The maximum atomic E-state index is 10.9. The van der Waals surface area contributed by atoms with Crippen molar-refractivity contribution < 1.29 is 15.0 Å². The molecule has 2 fully saturated rings. The summed E-state index contributed by atoms with van der Waals surface area (Å²) in [4.78, 5) is 13.2. The fourth-order valence-electron chi connectivity index (χ4n) is 2.90. The van der Waals surface area contributed by atoms with E-state index in [2.05, 4.69) is 11.8 Å². The zero-order chi connectivity index (χ0) is 11.0. The Morgan fingerprint density at radius 3 is 2.60 bits per heavy atom. The van der Waals surface area contributed by atoms with Crippen LogP contribution in [-0.2, 0) is 4.79 Å². The van der Waals surface area contributed by atoms with E-state index in [-0.39, 0.29) is 24.6 Å². The van der Waals surface area contributed by atoms with E-state index < -0.39 is 5.97 Å². The van der Waals surface area contributed by atoms with Crippen molar-refractivity contribution in [3.63, 3.8) is 0 Å². The Kier molecular flexibility index (Phi) is 2.98. The van der Waals surface area contributed by atoms with Gasteiger partial charge < -0.3 is 10.2 Å². The number of nitrogens with zero attached hydrogens (tertiary/aromatic N) is 1. The Morgan fingerprint density at radius 2 is 2.13 bits per heavy atom. The molecule has 0 aromatic rings. The second-order valence-corrected chi connectivity index (χ2v) is 4.84. The van der Waals surface area contributed by atoms with Gasteiger partial charge in [0.2, 0.25) is 0 Å². The molecule has 4 nitrogen and oxygen atoms in total. The molecule has 2 N–H and O–H groups in total. The Hall–Kier alpha value is -0.610. The Morgan fingerprint density at radius 1 is 1.40 bits per heavy atom. The topological polar surface area (TPSA) is 60.8 Å². The molecule has 4 atom stereocenters. The molecule has 0 aromatic carbocycles. The molecule has 0 aromatic heterocycles. The van der Waals surface area contributed by atoms with Gasteiger partial charge >= 0.3 is 5.97 Å². The number of hydrogen-bond acceptors (Lipinski definition) is 3. The highest BCUT2D eigenvalue weighted by atomic mass is 16.4. The van der Waals surface area contributed by atoms with Crippen LogP contribution in [0.3, 0.4) is 0 Å². The monoisotopic (exact) mass is 213 g/mol. The molecule has 0 bridgehead atoms. The number of aliphatic carboxylic acids is 1. The van der Waals surface area contributed by atoms with Crippen molar-refractivity contribution in [3.8, 4) is 0 Å². The molecule has 0 spiro atoms. The maximum absolute atomic E-state index is 10.9. The first-order valence-corrected chi connectivity index (χ1v) is 5.74. The van der Waals surface area contributed by atoms with Gasteiger partial charge in [0.25, 0.3) is 0 Å². The van der Waals surface area contributed by atoms with Crippen molar-refractivity contribution in [2.45, 2.75) is 38.3 Å². The largest absolute Gasteiger partial charge is 0.481 e. The Labute approximate surface area is 89.9 Å². The highest BCUT2D eigenvalue weighted by Gasteiger charge is 2.45. The molecule has 1 aliphatic carbocycles. The summed E-state index contributed by atoms with van der Waals surface area (Å²) in [6.07, 6.45) is 2.84. The summed E-state index contributed by atoms with van der Waals surface area (Å²) < 4.78 is 0. The molecule has 2 aliphatic rings. The number of likely N-dealkylation sites (tertiary alicyclic amines) is 1. The van der Waals surface area contributed by atoms with E-state index in [1.165, 1.54) is 0 Å². The van der Waals surface area contributed by atoms with Gasteiger partial charge in [0.05, 0.1) is 12.5 Å². The zero-order valence-corrected chi connectivity index (χ0v) is 9.09. The van der Waals surface area contributed by atoms with E-state index >= 15 is 0 Å². The van der Waals surface area contributed by atoms with E-state index in [4.69, 9.17) is 5.11 Å². The lowest BCUT2D eigenvalue weighted by Crippen LogP contribution is -2.53. The second-order valence-electron chi connectivity index (χ2n) is 4.84. The lowest BCUT2D eigenvalue weighted by atomic mass is 9.78. The number of carboxylic acids is 1. The minimum atomic E-state index is -0.678. The summed E-state index contributed by atoms with van der Waals surface area (Å²) >= 11 is 0. The van der Waals surface area contributed by atoms with Gasteiger partial charge in [-0.1, -0.05) is 6.92 Å². The van der Waals surface area contributed by atoms with E-state index in [9.17, 15) is 9.90 Å². The number of carbonyl (C=O) groups is 1. The summed E-state index contributed by atoms with van der Waals surface area (Å²) in [6.45, 7) is 3.24. The SMILES string of the molecule is CC1CCN(C2CCC2C(=O)O)C1CO. The average molecular weight is 213 g/mol. The van der Waals surface area contributed by atoms with Crippen molar-refractivity contribution in [1.29, 1.82) is 0 Å². The number of rotatable bonds is 3. The molecule has 4 unspecified atom stereocenters. The third-order valence-electron chi connectivity index (χ3n) is 4.09.